The smallest absolute Gasteiger partial charge is 0.123 e. The summed E-state index contributed by atoms with van der Waals surface area (Å²) >= 11 is 6.98. The average molecular weight is 488 g/mol. The van der Waals surface area contributed by atoms with Crippen LogP contribution in [0.15, 0.2) is 24.3 Å². The second-order valence-electron chi connectivity index (χ2n) is 5.72. The minimum Gasteiger partial charge on any atom is -0.496 e. The minimum atomic E-state index is 0.714. The van der Waals surface area contributed by atoms with E-state index in [-0.39, 0.29) is 0 Å². The molecule has 0 radical (unpaired) electrons. The molecule has 0 atom stereocenters. The van der Waals surface area contributed by atoms with Crippen molar-refractivity contribution in [3.63, 3.8) is 0 Å². The molecule has 0 aliphatic heterocycles. The van der Waals surface area contributed by atoms with E-state index in [4.69, 9.17) is 18.9 Å². The molecule has 0 heterocycles. The van der Waals surface area contributed by atoms with Gasteiger partial charge >= 0.3 is 0 Å². The maximum absolute atomic E-state index is 5.58. The molecule has 4 nitrogen and oxygen atoms in total. The Morgan fingerprint density at radius 1 is 0.538 bits per heavy atom. The van der Waals surface area contributed by atoms with E-state index < -0.39 is 0 Å². The summed E-state index contributed by atoms with van der Waals surface area (Å²) in [6.45, 7) is 0. The highest BCUT2D eigenvalue weighted by Crippen LogP contribution is 2.34. The average Bonchev–Trinajstić information content (AvgIpc) is 2.70. The summed E-state index contributed by atoms with van der Waals surface area (Å²) in [7, 11) is 6.75. The standard InChI is InChI=1S/C20H24Br2O4/c1-23-17-9-15(11-21)19(25-3)7-13(17)5-6-14-8-20(26-4)16(12-22)10-18(14)24-2/h7-10H,5-6,11-12H2,1-4H3. The quantitative estimate of drug-likeness (QED) is 0.450. The van der Waals surface area contributed by atoms with Gasteiger partial charge in [-0.2, -0.15) is 0 Å². The highest BCUT2D eigenvalue weighted by molar-refractivity contribution is 9.08. The molecule has 0 spiro atoms. The van der Waals surface area contributed by atoms with Crippen LogP contribution in [0, 0.1) is 0 Å². The summed E-state index contributed by atoms with van der Waals surface area (Å²) in [4.78, 5) is 0. The lowest BCUT2D eigenvalue weighted by Gasteiger charge is -2.16. The van der Waals surface area contributed by atoms with E-state index >= 15 is 0 Å². The van der Waals surface area contributed by atoms with Gasteiger partial charge in [0, 0.05) is 21.8 Å². The van der Waals surface area contributed by atoms with Crippen molar-refractivity contribution in [2.45, 2.75) is 23.5 Å². The number of alkyl halides is 2. The number of hydrogen-bond acceptors (Lipinski definition) is 4. The molecule has 2 rings (SSSR count). The number of halogens is 2. The molecule has 2 aromatic rings. The highest BCUT2D eigenvalue weighted by atomic mass is 79.9. The zero-order chi connectivity index (χ0) is 19.1. The van der Waals surface area contributed by atoms with Crippen molar-refractivity contribution in [3.05, 3.63) is 46.5 Å². The molecule has 0 aliphatic carbocycles. The van der Waals surface area contributed by atoms with Crippen LogP contribution in [0.3, 0.4) is 0 Å². The Hall–Kier alpha value is -1.40. The fourth-order valence-corrected chi connectivity index (χ4v) is 3.79. The van der Waals surface area contributed by atoms with Crippen LogP contribution in [0.5, 0.6) is 23.0 Å². The van der Waals surface area contributed by atoms with Crippen LogP contribution in [0.4, 0.5) is 0 Å². The molecule has 26 heavy (non-hydrogen) atoms. The fourth-order valence-electron chi connectivity index (χ4n) is 2.92. The van der Waals surface area contributed by atoms with Gasteiger partial charge in [-0.05, 0) is 48.2 Å². The molecule has 2 aromatic carbocycles. The first-order valence-corrected chi connectivity index (χ1v) is 10.5. The molecule has 6 heteroatoms. The topological polar surface area (TPSA) is 36.9 Å². The van der Waals surface area contributed by atoms with Gasteiger partial charge in [-0.1, -0.05) is 31.9 Å². The van der Waals surface area contributed by atoms with Gasteiger partial charge in [0.25, 0.3) is 0 Å². The molecule has 0 saturated heterocycles. The maximum atomic E-state index is 5.58. The Balaban J connectivity index is 2.33. The number of methoxy groups -OCH3 is 4. The Kier molecular flexibility index (Phi) is 8.10. The van der Waals surface area contributed by atoms with Crippen molar-refractivity contribution < 1.29 is 18.9 Å². The van der Waals surface area contributed by atoms with E-state index in [1.165, 1.54) is 0 Å². The van der Waals surface area contributed by atoms with Crippen LogP contribution in [0.25, 0.3) is 0 Å². The van der Waals surface area contributed by atoms with Crippen LogP contribution >= 0.6 is 31.9 Å². The van der Waals surface area contributed by atoms with Crippen molar-refractivity contribution in [2.75, 3.05) is 28.4 Å². The molecule has 0 bridgehead atoms. The first-order chi connectivity index (χ1) is 12.6. The van der Waals surface area contributed by atoms with Crippen LogP contribution < -0.4 is 18.9 Å². The van der Waals surface area contributed by atoms with Gasteiger partial charge in [0.1, 0.15) is 23.0 Å². The summed E-state index contributed by atoms with van der Waals surface area (Å²) in [5.41, 5.74) is 4.32. The predicted octanol–water partition coefficient (Wildman–Crippen LogP) is 5.30. The summed E-state index contributed by atoms with van der Waals surface area (Å²) in [6.07, 6.45) is 1.60. The normalized spacial score (nSPS) is 10.5. The van der Waals surface area contributed by atoms with Crippen molar-refractivity contribution in [2.24, 2.45) is 0 Å². The third-order valence-electron chi connectivity index (χ3n) is 4.32. The van der Waals surface area contributed by atoms with Crippen molar-refractivity contribution in [3.8, 4) is 23.0 Å². The first-order valence-electron chi connectivity index (χ1n) is 8.21. The molecular formula is C20H24Br2O4. The maximum Gasteiger partial charge on any atom is 0.123 e. The van der Waals surface area contributed by atoms with E-state index in [9.17, 15) is 0 Å². The lowest BCUT2D eigenvalue weighted by atomic mass is 9.99. The monoisotopic (exact) mass is 486 g/mol. The van der Waals surface area contributed by atoms with E-state index in [0.717, 1.165) is 58.1 Å². The predicted molar refractivity (Wildman–Crippen MR) is 112 cm³/mol. The van der Waals surface area contributed by atoms with E-state index in [2.05, 4.69) is 31.9 Å². The van der Waals surface area contributed by atoms with Gasteiger partial charge in [0.2, 0.25) is 0 Å². The Morgan fingerprint density at radius 3 is 1.08 bits per heavy atom. The number of aryl methyl sites for hydroxylation is 2. The summed E-state index contributed by atoms with van der Waals surface area (Å²) in [5.74, 6) is 3.44. The second kappa shape index (κ2) is 10.1. The van der Waals surface area contributed by atoms with Crippen molar-refractivity contribution >= 4 is 31.9 Å². The zero-order valence-electron chi connectivity index (χ0n) is 15.5. The minimum absolute atomic E-state index is 0.714. The second-order valence-corrected chi connectivity index (χ2v) is 6.84. The number of ether oxygens (including phenoxy) is 4. The Labute approximate surface area is 172 Å². The largest absolute Gasteiger partial charge is 0.496 e. The molecule has 0 unspecified atom stereocenters. The molecule has 0 saturated carbocycles. The van der Waals surface area contributed by atoms with Crippen molar-refractivity contribution in [1.29, 1.82) is 0 Å². The Morgan fingerprint density at radius 2 is 0.808 bits per heavy atom. The lowest BCUT2D eigenvalue weighted by Crippen LogP contribution is -2.02. The Bertz CT molecular complexity index is 684. The van der Waals surface area contributed by atoms with E-state index in [0.29, 0.717) is 10.7 Å². The number of hydrogen-bond donors (Lipinski definition) is 0. The third kappa shape index (κ3) is 4.65. The van der Waals surface area contributed by atoms with Gasteiger partial charge in [-0.15, -0.1) is 0 Å². The molecule has 0 amide bonds. The summed E-state index contributed by atoms with van der Waals surface area (Å²) < 4.78 is 22.2. The summed E-state index contributed by atoms with van der Waals surface area (Å²) in [6, 6.07) is 8.14. The summed E-state index contributed by atoms with van der Waals surface area (Å²) in [5, 5.41) is 1.43. The molecule has 0 N–H and O–H groups in total. The lowest BCUT2D eigenvalue weighted by molar-refractivity contribution is 0.393. The van der Waals surface area contributed by atoms with Crippen LogP contribution in [0.1, 0.15) is 22.3 Å². The van der Waals surface area contributed by atoms with E-state index in [1.807, 2.05) is 24.3 Å². The molecule has 0 aliphatic rings. The van der Waals surface area contributed by atoms with Gasteiger partial charge in [0.15, 0.2) is 0 Å². The van der Waals surface area contributed by atoms with Gasteiger partial charge in [-0.3, -0.25) is 0 Å². The third-order valence-corrected chi connectivity index (χ3v) is 5.53. The van der Waals surface area contributed by atoms with Gasteiger partial charge in [-0.25, -0.2) is 0 Å². The first kappa shape index (κ1) is 20.9. The van der Waals surface area contributed by atoms with Gasteiger partial charge < -0.3 is 18.9 Å². The van der Waals surface area contributed by atoms with E-state index in [1.54, 1.807) is 28.4 Å². The molecule has 0 fully saturated rings. The fraction of sp³-hybridized carbons (Fsp3) is 0.400. The molecular weight excluding hydrogens is 464 g/mol. The highest BCUT2D eigenvalue weighted by Gasteiger charge is 2.14. The molecule has 0 aromatic heterocycles. The van der Waals surface area contributed by atoms with Gasteiger partial charge in [0.05, 0.1) is 28.4 Å². The van der Waals surface area contributed by atoms with Crippen LogP contribution in [0.2, 0.25) is 0 Å². The SMILES string of the molecule is COc1cc(CCc2cc(OC)c(CBr)cc2OC)c(OC)cc1CBr. The van der Waals surface area contributed by atoms with Crippen molar-refractivity contribution in [1.82, 2.24) is 0 Å². The van der Waals surface area contributed by atoms with Crippen LogP contribution in [-0.2, 0) is 23.5 Å². The zero-order valence-corrected chi connectivity index (χ0v) is 18.7. The number of benzene rings is 2. The van der Waals surface area contributed by atoms with Crippen LogP contribution in [-0.4, -0.2) is 28.4 Å². The molecule has 142 valence electrons. The number of rotatable bonds is 9.